The van der Waals surface area contributed by atoms with Crippen LogP contribution < -0.4 is 4.90 Å². The summed E-state index contributed by atoms with van der Waals surface area (Å²) in [5.41, 5.74) is 1.39. The highest BCUT2D eigenvalue weighted by Gasteiger charge is 2.22. The van der Waals surface area contributed by atoms with Crippen LogP contribution in [0.3, 0.4) is 0 Å². The van der Waals surface area contributed by atoms with E-state index in [0.29, 0.717) is 5.52 Å². The summed E-state index contributed by atoms with van der Waals surface area (Å²) in [6.45, 7) is 1.57. The van der Waals surface area contributed by atoms with Gasteiger partial charge in [-0.05, 0) is 18.9 Å². The van der Waals surface area contributed by atoms with Gasteiger partial charge in [-0.3, -0.25) is 10.1 Å². The summed E-state index contributed by atoms with van der Waals surface area (Å²) in [6.07, 6.45) is 4.27. The molecule has 0 unspecified atom stereocenters. The second-order valence-corrected chi connectivity index (χ2v) is 5.22. The largest absolute Gasteiger partial charge is 0.371 e. The molecule has 1 aliphatic rings. The lowest BCUT2D eigenvalue weighted by Crippen LogP contribution is -2.34. The zero-order valence-corrected chi connectivity index (χ0v) is 11.4. The van der Waals surface area contributed by atoms with Crippen molar-refractivity contribution in [3.63, 3.8) is 0 Å². The zero-order chi connectivity index (χ0) is 14.8. The van der Waals surface area contributed by atoms with Gasteiger partial charge in [-0.1, -0.05) is 12.1 Å². The average molecular weight is 285 g/mol. The van der Waals surface area contributed by atoms with Gasteiger partial charge in [0.15, 0.2) is 0 Å². The maximum Gasteiger partial charge on any atom is 0.295 e. The Bertz CT molecular complexity index is 694. The van der Waals surface area contributed by atoms with Crippen LogP contribution in [0.4, 0.5) is 11.4 Å². The number of non-ortho nitro benzene ring substituents is 1. The predicted octanol–water partition coefficient (Wildman–Crippen LogP) is 2.56. The molecule has 0 saturated carbocycles. The van der Waals surface area contributed by atoms with Crippen molar-refractivity contribution in [3.8, 4) is 0 Å². The monoisotopic (exact) mass is 285 g/mol. The van der Waals surface area contributed by atoms with Crippen LogP contribution in [-0.2, 0) is 4.79 Å². The number of benzene rings is 1. The van der Waals surface area contributed by atoms with Crippen LogP contribution in [0.2, 0.25) is 0 Å². The lowest BCUT2D eigenvalue weighted by molar-refractivity contribution is -0.383. The van der Waals surface area contributed by atoms with Crippen molar-refractivity contribution in [1.82, 2.24) is 4.98 Å². The number of carbonyl (C=O) groups is 1. The number of aldehydes is 1. The molecule has 2 aromatic rings. The molecule has 6 heteroatoms. The lowest BCUT2D eigenvalue weighted by Gasteiger charge is -2.32. The minimum atomic E-state index is -0.405. The summed E-state index contributed by atoms with van der Waals surface area (Å²) in [5, 5.41) is 11.9. The van der Waals surface area contributed by atoms with E-state index < -0.39 is 4.92 Å². The smallest absolute Gasteiger partial charge is 0.295 e. The Morgan fingerprint density at radius 1 is 1.29 bits per heavy atom. The molecule has 2 heterocycles. The predicted molar refractivity (Wildman–Crippen MR) is 79.4 cm³/mol. The summed E-state index contributed by atoms with van der Waals surface area (Å²) in [7, 11) is 0. The van der Waals surface area contributed by atoms with E-state index in [0.717, 1.165) is 43.3 Å². The van der Waals surface area contributed by atoms with Gasteiger partial charge in [0.05, 0.1) is 4.92 Å². The van der Waals surface area contributed by atoms with Gasteiger partial charge in [-0.25, -0.2) is 4.98 Å². The van der Waals surface area contributed by atoms with Crippen LogP contribution in [0.5, 0.6) is 0 Å². The molecule has 3 rings (SSSR count). The molecule has 0 radical (unpaired) electrons. The quantitative estimate of drug-likeness (QED) is 0.492. The number of aromatic nitrogens is 1. The summed E-state index contributed by atoms with van der Waals surface area (Å²) < 4.78 is 0. The van der Waals surface area contributed by atoms with Crippen LogP contribution in [0, 0.1) is 16.0 Å². The van der Waals surface area contributed by atoms with Gasteiger partial charge < -0.3 is 9.69 Å². The van der Waals surface area contributed by atoms with Gasteiger partial charge in [0, 0.05) is 42.3 Å². The fourth-order valence-electron chi connectivity index (χ4n) is 2.85. The molecule has 0 spiro atoms. The van der Waals surface area contributed by atoms with Crippen molar-refractivity contribution in [2.45, 2.75) is 12.8 Å². The number of para-hydroxylation sites is 1. The van der Waals surface area contributed by atoms with Crippen LogP contribution in [0.15, 0.2) is 30.5 Å². The molecule has 0 aliphatic carbocycles. The molecule has 1 aromatic carbocycles. The maximum absolute atomic E-state index is 11.1. The SMILES string of the molecule is O=CC1CCN(c2ccnc3c([N+](=O)[O-])cccc23)CC1. The minimum absolute atomic E-state index is 0.0251. The summed E-state index contributed by atoms with van der Waals surface area (Å²) in [4.78, 5) is 27.9. The van der Waals surface area contributed by atoms with E-state index in [1.165, 1.54) is 6.07 Å². The molecule has 1 saturated heterocycles. The van der Waals surface area contributed by atoms with Crippen LogP contribution in [0.25, 0.3) is 10.9 Å². The molecular weight excluding hydrogens is 270 g/mol. The van der Waals surface area contributed by atoms with Gasteiger partial charge in [0.25, 0.3) is 5.69 Å². The number of nitrogens with zero attached hydrogens (tertiary/aromatic N) is 3. The Balaban J connectivity index is 2.02. The van der Waals surface area contributed by atoms with E-state index >= 15 is 0 Å². The summed E-state index contributed by atoms with van der Waals surface area (Å²) in [6, 6.07) is 6.89. The van der Waals surface area contributed by atoms with E-state index in [1.807, 2.05) is 12.1 Å². The Hall–Kier alpha value is -2.50. The zero-order valence-electron chi connectivity index (χ0n) is 11.4. The Morgan fingerprint density at radius 3 is 2.71 bits per heavy atom. The van der Waals surface area contributed by atoms with E-state index in [1.54, 1.807) is 12.3 Å². The number of hydrogen-bond donors (Lipinski definition) is 0. The van der Waals surface area contributed by atoms with Gasteiger partial charge in [-0.15, -0.1) is 0 Å². The maximum atomic E-state index is 11.1. The number of pyridine rings is 1. The Morgan fingerprint density at radius 2 is 2.05 bits per heavy atom. The first-order chi connectivity index (χ1) is 10.2. The first-order valence-electron chi connectivity index (χ1n) is 6.93. The van der Waals surface area contributed by atoms with Crippen molar-refractivity contribution < 1.29 is 9.72 Å². The number of piperidine rings is 1. The highest BCUT2D eigenvalue weighted by Crippen LogP contribution is 2.32. The molecule has 108 valence electrons. The van der Waals surface area contributed by atoms with Crippen molar-refractivity contribution in [3.05, 3.63) is 40.6 Å². The number of anilines is 1. The van der Waals surface area contributed by atoms with E-state index in [-0.39, 0.29) is 11.6 Å². The number of hydrogen-bond acceptors (Lipinski definition) is 5. The van der Waals surface area contributed by atoms with Crippen LogP contribution >= 0.6 is 0 Å². The molecule has 1 fully saturated rings. The molecule has 0 N–H and O–H groups in total. The van der Waals surface area contributed by atoms with Gasteiger partial charge >= 0.3 is 0 Å². The van der Waals surface area contributed by atoms with E-state index in [4.69, 9.17) is 0 Å². The average Bonchev–Trinajstić information content (AvgIpc) is 2.53. The van der Waals surface area contributed by atoms with Crippen molar-refractivity contribution in [2.75, 3.05) is 18.0 Å². The second kappa shape index (κ2) is 5.47. The molecule has 1 aliphatic heterocycles. The highest BCUT2D eigenvalue weighted by molar-refractivity contribution is 5.96. The highest BCUT2D eigenvalue weighted by atomic mass is 16.6. The third-order valence-corrected chi connectivity index (χ3v) is 4.00. The fraction of sp³-hybridized carbons (Fsp3) is 0.333. The minimum Gasteiger partial charge on any atom is -0.371 e. The lowest BCUT2D eigenvalue weighted by atomic mass is 9.97. The van der Waals surface area contributed by atoms with Gasteiger partial charge in [-0.2, -0.15) is 0 Å². The fourth-order valence-corrected chi connectivity index (χ4v) is 2.85. The molecular formula is C15H15N3O3. The van der Waals surface area contributed by atoms with Crippen molar-refractivity contribution in [2.24, 2.45) is 5.92 Å². The number of nitro groups is 1. The third kappa shape index (κ3) is 2.44. The molecule has 1 aromatic heterocycles. The first-order valence-corrected chi connectivity index (χ1v) is 6.93. The summed E-state index contributed by atoms with van der Waals surface area (Å²) in [5.74, 6) is 0.128. The molecule has 0 amide bonds. The second-order valence-electron chi connectivity index (χ2n) is 5.22. The van der Waals surface area contributed by atoms with Crippen LogP contribution in [-0.4, -0.2) is 29.3 Å². The number of nitro benzene ring substituents is 1. The van der Waals surface area contributed by atoms with Gasteiger partial charge in [0.1, 0.15) is 11.8 Å². The Labute approximate surface area is 121 Å². The molecule has 21 heavy (non-hydrogen) atoms. The van der Waals surface area contributed by atoms with Crippen molar-refractivity contribution in [1.29, 1.82) is 0 Å². The number of rotatable bonds is 3. The number of carbonyl (C=O) groups excluding carboxylic acids is 1. The topological polar surface area (TPSA) is 76.3 Å². The number of fused-ring (bicyclic) bond motifs is 1. The van der Waals surface area contributed by atoms with E-state index in [2.05, 4.69) is 9.88 Å². The first kappa shape index (κ1) is 13.5. The molecule has 6 nitrogen and oxygen atoms in total. The molecule has 0 bridgehead atoms. The van der Waals surface area contributed by atoms with Crippen molar-refractivity contribution >= 4 is 28.6 Å². The van der Waals surface area contributed by atoms with Gasteiger partial charge in [0.2, 0.25) is 0 Å². The standard InChI is InChI=1S/C15H15N3O3/c19-10-11-5-8-17(9-6-11)13-4-7-16-15-12(13)2-1-3-14(15)18(20)21/h1-4,7,10-11H,5-6,8-9H2. The Kier molecular flexibility index (Phi) is 3.51. The molecule has 0 atom stereocenters. The summed E-state index contributed by atoms with van der Waals surface area (Å²) >= 11 is 0. The van der Waals surface area contributed by atoms with Crippen LogP contribution in [0.1, 0.15) is 12.8 Å². The normalized spacial score (nSPS) is 16.1. The third-order valence-electron chi connectivity index (χ3n) is 4.00. The van der Waals surface area contributed by atoms with E-state index in [9.17, 15) is 14.9 Å².